The zero-order valence-corrected chi connectivity index (χ0v) is 10.5. The summed E-state index contributed by atoms with van der Waals surface area (Å²) in [7, 11) is -2.59. The quantitative estimate of drug-likeness (QED) is 0.507. The molecule has 0 aliphatic rings. The summed E-state index contributed by atoms with van der Waals surface area (Å²) in [5, 5.41) is 0. The van der Waals surface area contributed by atoms with Gasteiger partial charge in [0, 0.05) is 19.2 Å². The van der Waals surface area contributed by atoms with E-state index in [1.165, 1.54) is 6.66 Å². The van der Waals surface area contributed by atoms with E-state index in [0.29, 0.717) is 19.2 Å². The van der Waals surface area contributed by atoms with Crippen LogP contribution in [-0.4, -0.2) is 37.9 Å². The molecule has 7 heteroatoms. The lowest BCUT2D eigenvalue weighted by Gasteiger charge is -2.11. The van der Waals surface area contributed by atoms with E-state index in [-0.39, 0.29) is 6.42 Å². The fourth-order valence-corrected chi connectivity index (χ4v) is 2.48. The molecule has 1 unspecified atom stereocenters. The molecule has 0 radical (unpaired) electrons. The third-order valence-electron chi connectivity index (χ3n) is 1.72. The van der Waals surface area contributed by atoms with Crippen molar-refractivity contribution in [3.05, 3.63) is 0 Å². The van der Waals surface area contributed by atoms with Gasteiger partial charge in [-0.2, -0.15) is 0 Å². The van der Waals surface area contributed by atoms with Crippen LogP contribution in [0.25, 0.3) is 0 Å². The number of carbonyl (C=O) groups excluding carboxylic acids is 2. The Balaban J connectivity index is 3.69. The number of nitrogens with two attached hydrogens (primary N) is 1. The summed E-state index contributed by atoms with van der Waals surface area (Å²) in [4.78, 5) is 21.3. The summed E-state index contributed by atoms with van der Waals surface area (Å²) in [5.41, 5.74) is 4.80. The molecule has 6 nitrogen and oxygen atoms in total. The summed E-state index contributed by atoms with van der Waals surface area (Å²) in [6.45, 7) is 3.27. The van der Waals surface area contributed by atoms with Gasteiger partial charge < -0.3 is 15.0 Å². The van der Waals surface area contributed by atoms with E-state index in [1.54, 1.807) is 6.92 Å². The van der Waals surface area contributed by atoms with Crippen molar-refractivity contribution in [3.63, 3.8) is 0 Å². The molecule has 0 rings (SSSR count). The molecule has 0 spiro atoms. The summed E-state index contributed by atoms with van der Waals surface area (Å²) < 4.78 is 21.2. The number of primary amides is 1. The van der Waals surface area contributed by atoms with E-state index < -0.39 is 25.9 Å². The molecule has 0 aromatic rings. The number of amides is 1. The van der Waals surface area contributed by atoms with Crippen LogP contribution in [0.15, 0.2) is 0 Å². The van der Waals surface area contributed by atoms with Gasteiger partial charge in [0.2, 0.25) is 0 Å². The number of carbonyl (C=O) groups is 2. The number of hydrogen-bond donors (Lipinski definition) is 1. The highest BCUT2D eigenvalue weighted by Gasteiger charge is 2.15. The number of hydrogen-bond acceptors (Lipinski definition) is 5. The first-order chi connectivity index (χ1) is 7.37. The Hall–Kier alpha value is -0.870. The van der Waals surface area contributed by atoms with Gasteiger partial charge in [-0.3, -0.25) is 14.2 Å². The zero-order valence-electron chi connectivity index (χ0n) is 9.60. The average molecular weight is 251 g/mol. The lowest BCUT2D eigenvalue weighted by Crippen LogP contribution is -2.20. The Bertz CT molecular complexity index is 292. The molecule has 1 atom stereocenters. The van der Waals surface area contributed by atoms with Crippen molar-refractivity contribution in [2.45, 2.75) is 19.8 Å². The predicted molar refractivity (Wildman–Crippen MR) is 59.4 cm³/mol. The van der Waals surface area contributed by atoms with Gasteiger partial charge in [-0.25, -0.2) is 0 Å². The van der Waals surface area contributed by atoms with Gasteiger partial charge in [-0.15, -0.1) is 0 Å². The van der Waals surface area contributed by atoms with Gasteiger partial charge in [-0.1, -0.05) is 0 Å². The van der Waals surface area contributed by atoms with E-state index in [0.717, 1.165) is 0 Å². The molecule has 0 aliphatic carbocycles. The molecule has 0 aromatic heterocycles. The van der Waals surface area contributed by atoms with E-state index in [1.807, 2.05) is 0 Å². The van der Waals surface area contributed by atoms with Gasteiger partial charge in [0.1, 0.15) is 0 Å². The summed E-state index contributed by atoms with van der Waals surface area (Å²) in [6.07, 6.45) is 0.843. The highest BCUT2D eigenvalue weighted by Crippen LogP contribution is 2.42. The lowest BCUT2D eigenvalue weighted by molar-refractivity contribution is -0.147. The predicted octanol–water partition coefficient (Wildman–Crippen LogP) is 0.740. The van der Waals surface area contributed by atoms with Crippen molar-refractivity contribution in [1.82, 2.24) is 0 Å². The van der Waals surface area contributed by atoms with Crippen LogP contribution < -0.4 is 5.73 Å². The molecule has 2 N–H and O–H groups in total. The Morgan fingerprint density at radius 2 is 2.00 bits per heavy atom. The minimum absolute atomic E-state index is 0.109. The van der Waals surface area contributed by atoms with Crippen LogP contribution in [0.5, 0.6) is 0 Å². The molecular weight excluding hydrogens is 233 g/mol. The Labute approximate surface area is 94.9 Å². The molecule has 0 fully saturated rings. The smallest absolute Gasteiger partial charge is 0.306 e. The monoisotopic (exact) mass is 251 g/mol. The molecule has 16 heavy (non-hydrogen) atoms. The SMILES string of the molecule is CCOP(C)(=O)CCCC(=O)OCC(N)=O. The molecule has 0 bridgehead atoms. The van der Waals surface area contributed by atoms with Crippen LogP contribution in [0, 0.1) is 0 Å². The van der Waals surface area contributed by atoms with Gasteiger partial charge in [-0.05, 0) is 13.3 Å². The Morgan fingerprint density at radius 1 is 1.38 bits per heavy atom. The summed E-state index contributed by atoms with van der Waals surface area (Å²) in [6, 6.07) is 0. The third kappa shape index (κ3) is 8.44. The van der Waals surface area contributed by atoms with Crippen LogP contribution in [0.4, 0.5) is 0 Å². The van der Waals surface area contributed by atoms with E-state index in [4.69, 9.17) is 10.3 Å². The fraction of sp³-hybridized carbons (Fsp3) is 0.778. The molecular formula is C9H18NO5P. The van der Waals surface area contributed by atoms with E-state index in [9.17, 15) is 14.2 Å². The van der Waals surface area contributed by atoms with Gasteiger partial charge in [0.15, 0.2) is 14.0 Å². The highest BCUT2D eigenvalue weighted by molar-refractivity contribution is 7.58. The van der Waals surface area contributed by atoms with Crippen molar-refractivity contribution in [2.75, 3.05) is 26.0 Å². The molecule has 1 amide bonds. The molecule has 0 saturated carbocycles. The second-order valence-corrected chi connectivity index (χ2v) is 6.12. The lowest BCUT2D eigenvalue weighted by atomic mass is 10.3. The maximum absolute atomic E-state index is 11.6. The fourth-order valence-electron chi connectivity index (χ4n) is 1.07. The standard InChI is InChI=1S/C9H18NO5P/c1-3-15-16(2,13)6-4-5-9(12)14-7-8(10)11/h3-7H2,1-2H3,(H2,10,11). The van der Waals surface area contributed by atoms with E-state index >= 15 is 0 Å². The van der Waals surface area contributed by atoms with Crippen molar-refractivity contribution >= 4 is 19.2 Å². The van der Waals surface area contributed by atoms with Crippen LogP contribution in [0.1, 0.15) is 19.8 Å². The first-order valence-electron chi connectivity index (χ1n) is 5.02. The topological polar surface area (TPSA) is 95.7 Å². The van der Waals surface area contributed by atoms with Gasteiger partial charge in [0.25, 0.3) is 5.91 Å². The van der Waals surface area contributed by atoms with Gasteiger partial charge in [0.05, 0.1) is 6.61 Å². The summed E-state index contributed by atoms with van der Waals surface area (Å²) >= 11 is 0. The van der Waals surface area contributed by atoms with Crippen LogP contribution >= 0.6 is 7.37 Å². The minimum Gasteiger partial charge on any atom is -0.456 e. The maximum atomic E-state index is 11.6. The number of ether oxygens (including phenoxy) is 1. The Kier molecular flexibility index (Phi) is 7.01. The third-order valence-corrected chi connectivity index (χ3v) is 3.66. The normalized spacial score (nSPS) is 14.1. The van der Waals surface area contributed by atoms with E-state index in [2.05, 4.69) is 4.74 Å². The number of esters is 1. The first-order valence-corrected chi connectivity index (χ1v) is 7.28. The molecule has 0 aliphatic heterocycles. The molecule has 0 saturated heterocycles. The van der Waals surface area contributed by atoms with Crippen LogP contribution in [0.3, 0.4) is 0 Å². The summed E-state index contributed by atoms with van der Waals surface area (Å²) in [5.74, 6) is -1.21. The van der Waals surface area contributed by atoms with Crippen LogP contribution in [-0.2, 0) is 23.4 Å². The minimum atomic E-state index is -2.59. The van der Waals surface area contributed by atoms with Gasteiger partial charge >= 0.3 is 5.97 Å². The number of rotatable bonds is 8. The second-order valence-electron chi connectivity index (χ2n) is 3.39. The average Bonchev–Trinajstić information content (AvgIpc) is 2.14. The Morgan fingerprint density at radius 3 is 2.50 bits per heavy atom. The zero-order chi connectivity index (χ0) is 12.6. The largest absolute Gasteiger partial charge is 0.456 e. The van der Waals surface area contributed by atoms with Crippen molar-refractivity contribution < 1.29 is 23.4 Å². The van der Waals surface area contributed by atoms with Crippen LogP contribution in [0.2, 0.25) is 0 Å². The van der Waals surface area contributed by atoms with Crippen molar-refractivity contribution in [3.8, 4) is 0 Å². The molecule has 0 aromatic carbocycles. The second kappa shape index (κ2) is 7.41. The van der Waals surface area contributed by atoms with Crippen molar-refractivity contribution in [1.29, 1.82) is 0 Å². The highest BCUT2D eigenvalue weighted by atomic mass is 31.2. The first kappa shape index (κ1) is 15.1. The molecule has 94 valence electrons. The van der Waals surface area contributed by atoms with Crippen molar-refractivity contribution in [2.24, 2.45) is 5.73 Å². The maximum Gasteiger partial charge on any atom is 0.306 e. The molecule has 0 heterocycles.